The fourth-order valence-corrected chi connectivity index (χ4v) is 4.84. The second-order valence-corrected chi connectivity index (χ2v) is 10.2. The van der Waals surface area contributed by atoms with E-state index in [1.807, 2.05) is 0 Å². The Kier molecular flexibility index (Phi) is 8.22. The monoisotopic (exact) mass is 661 g/mol. The molecule has 0 heterocycles. The number of rotatable bonds is 5. The van der Waals surface area contributed by atoms with E-state index in [2.05, 4.69) is 15.9 Å². The molecule has 2 aromatic carbocycles. The maximum absolute atomic E-state index is 13.7. The van der Waals surface area contributed by atoms with Crippen LogP contribution in [0.4, 0.5) is 39.5 Å². The van der Waals surface area contributed by atoms with Crippen molar-refractivity contribution in [2.45, 2.75) is 36.9 Å². The molecule has 2 atom stereocenters. The maximum atomic E-state index is 13.7. The average Bonchev–Trinajstić information content (AvgIpc) is 3.47. The summed E-state index contributed by atoms with van der Waals surface area (Å²) in [6.07, 6.45) is -15.5. The fourth-order valence-electron chi connectivity index (χ4n) is 3.65. The first kappa shape index (κ1) is 29.9. The van der Waals surface area contributed by atoms with Crippen molar-refractivity contribution in [3.63, 3.8) is 0 Å². The predicted molar refractivity (Wildman–Crippen MR) is 124 cm³/mol. The van der Waals surface area contributed by atoms with E-state index >= 15 is 0 Å². The number of carbonyl (C=O) groups is 1. The van der Waals surface area contributed by atoms with Gasteiger partial charge in [-0.25, -0.2) is 0 Å². The van der Waals surface area contributed by atoms with Crippen LogP contribution in [0.5, 0.6) is 0 Å². The van der Waals surface area contributed by atoms with Gasteiger partial charge in [-0.3, -0.25) is 4.79 Å². The van der Waals surface area contributed by atoms with Crippen molar-refractivity contribution < 1.29 is 44.3 Å². The molecular formula is C22H12BrCl3F9NO. The van der Waals surface area contributed by atoms with E-state index in [4.69, 9.17) is 34.8 Å². The highest BCUT2D eigenvalue weighted by molar-refractivity contribution is 9.10. The van der Waals surface area contributed by atoms with Gasteiger partial charge in [0.25, 0.3) is 5.91 Å². The van der Waals surface area contributed by atoms with Gasteiger partial charge in [0.2, 0.25) is 0 Å². The van der Waals surface area contributed by atoms with Crippen LogP contribution in [0.15, 0.2) is 40.9 Å². The second-order valence-electron chi connectivity index (χ2n) is 8.11. The topological polar surface area (TPSA) is 29.1 Å². The highest BCUT2D eigenvalue weighted by Gasteiger charge is 2.84. The number of hydrogen-bond donors (Lipinski definition) is 1. The van der Waals surface area contributed by atoms with Gasteiger partial charge in [0.15, 0.2) is 5.41 Å². The summed E-state index contributed by atoms with van der Waals surface area (Å²) in [5.41, 5.74) is -4.52. The molecule has 3 rings (SSSR count). The van der Waals surface area contributed by atoms with Crippen LogP contribution in [0.2, 0.25) is 15.1 Å². The summed E-state index contributed by atoms with van der Waals surface area (Å²) >= 11 is 20.4. The minimum absolute atomic E-state index is 0.0708. The first-order valence-corrected chi connectivity index (χ1v) is 11.9. The minimum Gasteiger partial charge on any atom is -0.348 e. The molecule has 1 aliphatic rings. The largest absolute Gasteiger partial charge is 0.405 e. The van der Waals surface area contributed by atoms with Crippen LogP contribution in [0.1, 0.15) is 33.8 Å². The van der Waals surface area contributed by atoms with Crippen LogP contribution in [0.25, 0.3) is 6.08 Å². The van der Waals surface area contributed by atoms with E-state index in [1.54, 1.807) is 5.32 Å². The summed E-state index contributed by atoms with van der Waals surface area (Å²) in [7, 11) is 0. The van der Waals surface area contributed by atoms with E-state index in [-0.39, 0.29) is 36.2 Å². The van der Waals surface area contributed by atoms with Crippen molar-refractivity contribution in [2.75, 3.05) is 0 Å². The van der Waals surface area contributed by atoms with Gasteiger partial charge in [0, 0.05) is 4.47 Å². The van der Waals surface area contributed by atoms with Gasteiger partial charge in [-0.05, 0) is 57.7 Å². The lowest BCUT2D eigenvalue weighted by atomic mass is 9.97. The Morgan fingerprint density at radius 1 is 0.973 bits per heavy atom. The summed E-state index contributed by atoms with van der Waals surface area (Å²) < 4.78 is 119. The fraction of sp³-hybridized carbons (Fsp3) is 0.318. The maximum Gasteiger partial charge on any atom is 0.405 e. The molecule has 0 spiro atoms. The van der Waals surface area contributed by atoms with E-state index in [1.165, 1.54) is 12.1 Å². The summed E-state index contributed by atoms with van der Waals surface area (Å²) in [5.74, 6) is -3.38. The average molecular weight is 664 g/mol. The Labute approximate surface area is 226 Å². The number of nitrogens with one attached hydrogen (secondary N) is 1. The van der Waals surface area contributed by atoms with E-state index < -0.39 is 48.2 Å². The lowest BCUT2D eigenvalue weighted by Crippen LogP contribution is -2.45. The summed E-state index contributed by atoms with van der Waals surface area (Å²) in [6.45, 7) is 0. The van der Waals surface area contributed by atoms with Gasteiger partial charge in [-0.1, -0.05) is 53.0 Å². The van der Waals surface area contributed by atoms with Crippen molar-refractivity contribution >= 4 is 62.7 Å². The minimum atomic E-state index is -5.62. The van der Waals surface area contributed by atoms with Gasteiger partial charge < -0.3 is 5.32 Å². The van der Waals surface area contributed by atoms with Crippen molar-refractivity contribution in [2.24, 2.45) is 5.41 Å². The zero-order chi connectivity index (χ0) is 28.1. The van der Waals surface area contributed by atoms with Crippen LogP contribution in [0, 0.1) is 5.41 Å². The van der Waals surface area contributed by atoms with Crippen LogP contribution >= 0.6 is 50.7 Å². The van der Waals surface area contributed by atoms with Gasteiger partial charge in [-0.2, -0.15) is 39.5 Å². The zero-order valence-electron chi connectivity index (χ0n) is 17.7. The van der Waals surface area contributed by atoms with Gasteiger partial charge >= 0.3 is 18.5 Å². The van der Waals surface area contributed by atoms with Crippen LogP contribution in [0.3, 0.4) is 0 Å². The molecule has 1 saturated carbocycles. The molecule has 0 saturated heterocycles. The molecule has 2 nitrogen and oxygen atoms in total. The number of benzene rings is 2. The molecule has 37 heavy (non-hydrogen) atoms. The molecule has 202 valence electrons. The SMILES string of the molecule is O=C(NC1CC1(C(F)(F)F)C(F)(F)F)c1ccc(/C=C/C(c2cc(Cl)c(Cl)c(Cl)c2)C(F)(F)F)cc1Br. The Bertz CT molecular complexity index is 1200. The van der Waals surface area contributed by atoms with Gasteiger partial charge in [-0.15, -0.1) is 0 Å². The normalized spacial score (nSPS) is 18.7. The molecule has 1 fully saturated rings. The van der Waals surface area contributed by atoms with Gasteiger partial charge in [0.1, 0.15) is 0 Å². The van der Waals surface area contributed by atoms with Crippen LogP contribution < -0.4 is 5.32 Å². The number of halogens is 13. The molecule has 2 aromatic rings. The Morgan fingerprint density at radius 3 is 1.95 bits per heavy atom. The molecule has 1 aliphatic carbocycles. The number of hydrogen-bond acceptors (Lipinski definition) is 1. The van der Waals surface area contributed by atoms with Crippen molar-refractivity contribution in [3.05, 3.63) is 72.6 Å². The molecule has 15 heteroatoms. The molecule has 1 amide bonds. The lowest BCUT2D eigenvalue weighted by Gasteiger charge is -2.24. The number of alkyl halides is 9. The molecule has 0 aromatic heterocycles. The smallest absolute Gasteiger partial charge is 0.348 e. The molecule has 0 bridgehead atoms. The lowest BCUT2D eigenvalue weighted by molar-refractivity contribution is -0.302. The first-order chi connectivity index (χ1) is 16.8. The molecule has 0 radical (unpaired) electrons. The standard InChI is InChI=1S/C22H12BrCl3F9NO/c23-13-5-9(2-4-12(20(27,28)29)10-6-14(24)17(26)15(25)7-10)1-3-11(13)18(37)36-16-8-19(16,21(30,31)32)22(33,34)35/h1-7,12,16H,8H2,(H,36,37)/b4-2+. The number of amides is 1. The highest BCUT2D eigenvalue weighted by Crippen LogP contribution is 2.66. The number of allylic oxidation sites excluding steroid dienone is 1. The first-order valence-electron chi connectivity index (χ1n) is 9.93. The van der Waals surface area contributed by atoms with Gasteiger partial charge in [0.05, 0.1) is 32.6 Å². The predicted octanol–water partition coefficient (Wildman–Crippen LogP) is 9.38. The van der Waals surface area contributed by atoms with Crippen molar-refractivity contribution in [1.29, 1.82) is 0 Å². The zero-order valence-corrected chi connectivity index (χ0v) is 21.6. The highest BCUT2D eigenvalue weighted by atomic mass is 79.9. The van der Waals surface area contributed by atoms with E-state index in [0.29, 0.717) is 0 Å². The third-order valence-electron chi connectivity index (χ3n) is 5.71. The van der Waals surface area contributed by atoms with E-state index in [9.17, 15) is 44.3 Å². The van der Waals surface area contributed by atoms with Crippen molar-refractivity contribution in [3.8, 4) is 0 Å². The Balaban J connectivity index is 1.82. The molecule has 0 aliphatic heterocycles. The van der Waals surface area contributed by atoms with Crippen LogP contribution in [-0.4, -0.2) is 30.5 Å². The molecule has 1 N–H and O–H groups in total. The Morgan fingerprint density at radius 2 is 1.51 bits per heavy atom. The number of carbonyl (C=O) groups excluding carboxylic acids is 1. The molecular weight excluding hydrogens is 651 g/mol. The van der Waals surface area contributed by atoms with E-state index in [0.717, 1.165) is 30.4 Å². The third kappa shape index (κ3) is 6.02. The second kappa shape index (κ2) is 10.2. The summed E-state index contributed by atoms with van der Waals surface area (Å²) in [4.78, 5) is 12.4. The quantitative estimate of drug-likeness (QED) is 0.251. The third-order valence-corrected chi connectivity index (χ3v) is 7.57. The molecule has 2 unspecified atom stereocenters. The summed E-state index contributed by atoms with van der Waals surface area (Å²) in [5, 5.41) is 1.22. The Hall–Kier alpha value is -1.63. The van der Waals surface area contributed by atoms with Crippen molar-refractivity contribution in [1.82, 2.24) is 5.32 Å². The van der Waals surface area contributed by atoms with Crippen LogP contribution in [-0.2, 0) is 0 Å². The summed E-state index contributed by atoms with van der Waals surface area (Å²) in [6, 6.07) is 3.18.